The highest BCUT2D eigenvalue weighted by Gasteiger charge is 2.24. The second kappa shape index (κ2) is 11.6. The lowest BCUT2D eigenvalue weighted by molar-refractivity contribution is -0.131. The first kappa shape index (κ1) is 22.1. The third kappa shape index (κ3) is 11.3. The van der Waals surface area contributed by atoms with Gasteiger partial charge in [-0.3, -0.25) is 24.2 Å². The van der Waals surface area contributed by atoms with Crippen LogP contribution in [-0.4, -0.2) is 54.8 Å². The Labute approximate surface area is 144 Å². The molecule has 0 aliphatic heterocycles. The fourth-order valence-corrected chi connectivity index (χ4v) is 1.78. The largest absolute Gasteiger partial charge is 0.370 e. The molecule has 0 saturated carbocycles. The average Bonchev–Trinajstić information content (AvgIpc) is 2.52. The van der Waals surface area contributed by atoms with Crippen LogP contribution in [0.15, 0.2) is 4.99 Å². The highest BCUT2D eigenvalue weighted by molar-refractivity contribution is 5.91. The monoisotopic (exact) mass is 358 g/mol. The Balaban J connectivity index is 4.60. The molecule has 2 unspecified atom stereocenters. The predicted molar refractivity (Wildman–Crippen MR) is 90.4 cm³/mol. The number of rotatable bonds is 12. The predicted octanol–water partition coefficient (Wildman–Crippen LogP) is -4.28. The number of carbonyl (C=O) groups is 4. The molecule has 0 aromatic rings. The van der Waals surface area contributed by atoms with Gasteiger partial charge in [-0.2, -0.15) is 0 Å². The molecule has 25 heavy (non-hydrogen) atoms. The Morgan fingerprint density at radius 2 is 1.56 bits per heavy atom. The van der Waals surface area contributed by atoms with Crippen molar-refractivity contribution in [3.63, 3.8) is 0 Å². The fourth-order valence-electron chi connectivity index (χ4n) is 1.78. The van der Waals surface area contributed by atoms with E-state index >= 15 is 0 Å². The molecule has 0 aromatic carbocycles. The molecular formula is C13H26N8O4. The first-order valence-electron chi connectivity index (χ1n) is 7.59. The quantitative estimate of drug-likeness (QED) is 0.103. The van der Waals surface area contributed by atoms with Crippen molar-refractivity contribution in [3.8, 4) is 0 Å². The summed E-state index contributed by atoms with van der Waals surface area (Å²) in [5.41, 5.74) is 26.1. The standard InChI is InChI=1S/C13H26N8O4/c14-7(2-1-5-19-13(17)18)11(24)21-8(3-4-9(15)22)12(25)20-6-10(16)23/h7-8H,1-6,14H2,(H2,15,22)(H2,16,23)(H,20,25)(H,21,24)(H4,17,18,19). The van der Waals surface area contributed by atoms with E-state index < -0.39 is 42.3 Å². The number of primary amides is 2. The summed E-state index contributed by atoms with van der Waals surface area (Å²) < 4.78 is 0. The zero-order valence-electron chi connectivity index (χ0n) is 13.9. The average molecular weight is 358 g/mol. The van der Waals surface area contributed by atoms with E-state index in [4.69, 9.17) is 28.7 Å². The molecule has 4 amide bonds. The van der Waals surface area contributed by atoms with Gasteiger partial charge in [-0.25, -0.2) is 0 Å². The van der Waals surface area contributed by atoms with Crippen LogP contribution >= 0.6 is 0 Å². The van der Waals surface area contributed by atoms with Crippen molar-refractivity contribution in [2.24, 2.45) is 33.7 Å². The minimum atomic E-state index is -1.07. The molecule has 0 rings (SSSR count). The number of carbonyl (C=O) groups excluding carboxylic acids is 4. The lowest BCUT2D eigenvalue weighted by Crippen LogP contribution is -2.52. The second-order valence-electron chi connectivity index (χ2n) is 5.31. The summed E-state index contributed by atoms with van der Waals surface area (Å²) in [7, 11) is 0. The smallest absolute Gasteiger partial charge is 0.243 e. The number of aliphatic imine (C=N–C) groups is 1. The Morgan fingerprint density at radius 1 is 0.920 bits per heavy atom. The van der Waals surface area contributed by atoms with Crippen molar-refractivity contribution in [2.75, 3.05) is 13.1 Å². The molecule has 0 aromatic heterocycles. The van der Waals surface area contributed by atoms with Crippen LogP contribution in [0.3, 0.4) is 0 Å². The molecule has 0 heterocycles. The summed E-state index contributed by atoms with van der Waals surface area (Å²) in [4.78, 5) is 49.4. The molecule has 0 bridgehead atoms. The van der Waals surface area contributed by atoms with Gasteiger partial charge in [-0.1, -0.05) is 0 Å². The van der Waals surface area contributed by atoms with Crippen molar-refractivity contribution in [3.05, 3.63) is 0 Å². The van der Waals surface area contributed by atoms with Gasteiger partial charge in [0.05, 0.1) is 12.6 Å². The molecule has 0 aliphatic carbocycles. The molecule has 0 aliphatic rings. The topological polar surface area (TPSA) is 235 Å². The number of guanidine groups is 1. The number of nitrogens with two attached hydrogens (primary N) is 5. The van der Waals surface area contributed by atoms with Gasteiger partial charge in [0, 0.05) is 13.0 Å². The second-order valence-corrected chi connectivity index (χ2v) is 5.31. The summed E-state index contributed by atoms with van der Waals surface area (Å²) in [6, 6.07) is -1.96. The molecule has 0 saturated heterocycles. The molecule has 142 valence electrons. The Hall–Kier alpha value is -2.89. The molecule has 12 heteroatoms. The van der Waals surface area contributed by atoms with Crippen molar-refractivity contribution < 1.29 is 19.2 Å². The van der Waals surface area contributed by atoms with Gasteiger partial charge >= 0.3 is 0 Å². The number of hydrogen-bond acceptors (Lipinski definition) is 6. The minimum absolute atomic E-state index is 0.0353. The Bertz CT molecular complexity index is 518. The summed E-state index contributed by atoms with van der Waals surface area (Å²) in [5.74, 6) is -2.70. The SMILES string of the molecule is NC(=O)CCC(NC(=O)C(N)CCCN=C(N)N)C(=O)NCC(N)=O. The van der Waals surface area contributed by atoms with Gasteiger partial charge < -0.3 is 39.3 Å². The van der Waals surface area contributed by atoms with Crippen LogP contribution in [0.5, 0.6) is 0 Å². The van der Waals surface area contributed by atoms with Crippen LogP contribution in [0.1, 0.15) is 25.7 Å². The maximum atomic E-state index is 12.1. The van der Waals surface area contributed by atoms with Gasteiger partial charge in [-0.15, -0.1) is 0 Å². The maximum absolute atomic E-state index is 12.1. The van der Waals surface area contributed by atoms with E-state index in [1.807, 2.05) is 0 Å². The van der Waals surface area contributed by atoms with Gasteiger partial charge in [0.2, 0.25) is 23.6 Å². The normalized spacial score (nSPS) is 12.5. The van der Waals surface area contributed by atoms with Crippen LogP contribution in [0.2, 0.25) is 0 Å². The van der Waals surface area contributed by atoms with E-state index in [1.165, 1.54) is 0 Å². The molecule has 2 atom stereocenters. The van der Waals surface area contributed by atoms with Crippen molar-refractivity contribution in [1.29, 1.82) is 0 Å². The molecule has 12 N–H and O–H groups in total. The minimum Gasteiger partial charge on any atom is -0.370 e. The van der Waals surface area contributed by atoms with Gasteiger partial charge in [0.25, 0.3) is 0 Å². The van der Waals surface area contributed by atoms with Crippen LogP contribution in [0.4, 0.5) is 0 Å². The van der Waals surface area contributed by atoms with E-state index in [1.54, 1.807) is 0 Å². The van der Waals surface area contributed by atoms with Gasteiger partial charge in [0.15, 0.2) is 5.96 Å². The van der Waals surface area contributed by atoms with Crippen molar-refractivity contribution in [2.45, 2.75) is 37.8 Å². The van der Waals surface area contributed by atoms with Crippen LogP contribution in [0, 0.1) is 0 Å². The first-order valence-corrected chi connectivity index (χ1v) is 7.59. The van der Waals surface area contributed by atoms with Crippen molar-refractivity contribution >= 4 is 29.6 Å². The highest BCUT2D eigenvalue weighted by Crippen LogP contribution is 2.01. The number of hydrogen-bond donors (Lipinski definition) is 7. The maximum Gasteiger partial charge on any atom is 0.243 e. The molecular weight excluding hydrogens is 332 g/mol. The zero-order chi connectivity index (χ0) is 19.4. The molecule has 0 fully saturated rings. The van der Waals surface area contributed by atoms with Crippen LogP contribution < -0.4 is 39.3 Å². The fraction of sp³-hybridized carbons (Fsp3) is 0.615. The highest BCUT2D eigenvalue weighted by atomic mass is 16.2. The van der Waals surface area contributed by atoms with E-state index in [9.17, 15) is 19.2 Å². The van der Waals surface area contributed by atoms with Crippen molar-refractivity contribution in [1.82, 2.24) is 10.6 Å². The Kier molecular flexibility index (Phi) is 10.3. The van der Waals surface area contributed by atoms with E-state index in [0.717, 1.165) is 0 Å². The van der Waals surface area contributed by atoms with Gasteiger partial charge in [-0.05, 0) is 19.3 Å². The lowest BCUT2D eigenvalue weighted by atomic mass is 10.1. The summed E-state index contributed by atoms with van der Waals surface area (Å²) in [6.45, 7) is -0.0835. The van der Waals surface area contributed by atoms with Crippen LogP contribution in [0.25, 0.3) is 0 Å². The number of nitrogens with zero attached hydrogens (tertiary/aromatic N) is 1. The molecule has 0 radical (unpaired) electrons. The van der Waals surface area contributed by atoms with Gasteiger partial charge in [0.1, 0.15) is 6.04 Å². The van der Waals surface area contributed by atoms with Crippen LogP contribution in [-0.2, 0) is 19.2 Å². The van der Waals surface area contributed by atoms with E-state index in [-0.39, 0.29) is 25.2 Å². The van der Waals surface area contributed by atoms with E-state index in [2.05, 4.69) is 15.6 Å². The molecule has 0 spiro atoms. The number of amides is 4. The summed E-state index contributed by atoms with van der Waals surface area (Å²) >= 11 is 0. The molecule has 12 nitrogen and oxygen atoms in total. The lowest BCUT2D eigenvalue weighted by Gasteiger charge is -2.20. The number of nitrogens with one attached hydrogen (secondary N) is 2. The summed E-state index contributed by atoms with van der Waals surface area (Å²) in [5, 5.41) is 4.67. The first-order chi connectivity index (χ1) is 11.6. The summed E-state index contributed by atoms with van der Waals surface area (Å²) in [6.07, 6.45) is 0.585. The third-order valence-corrected chi connectivity index (χ3v) is 3.05. The third-order valence-electron chi connectivity index (χ3n) is 3.05. The Morgan fingerprint density at radius 3 is 2.08 bits per heavy atom. The van der Waals surface area contributed by atoms with E-state index in [0.29, 0.717) is 13.0 Å². The zero-order valence-corrected chi connectivity index (χ0v) is 13.9.